The third-order valence-corrected chi connectivity index (χ3v) is 6.86. The van der Waals surface area contributed by atoms with E-state index in [-0.39, 0.29) is 31.0 Å². The minimum atomic E-state index is -0.460. The van der Waals surface area contributed by atoms with Crippen LogP contribution in [0.3, 0.4) is 0 Å². The molecule has 0 N–H and O–H groups in total. The maximum absolute atomic E-state index is 13.8. The van der Waals surface area contributed by atoms with Crippen LogP contribution in [0.1, 0.15) is 39.1 Å². The fraction of sp³-hybridized carbons (Fsp3) is 0.231. The first-order chi connectivity index (χ1) is 16.1. The number of fused-ring (bicyclic) bond motifs is 2. The maximum Gasteiger partial charge on any atom is 0.338 e. The minimum Gasteiger partial charge on any atom is -0.459 e. The zero-order chi connectivity index (χ0) is 22.8. The van der Waals surface area contributed by atoms with Crippen LogP contribution < -0.4 is 4.90 Å². The average molecular weight is 464 g/mol. The van der Waals surface area contributed by atoms with Crippen LogP contribution in [0, 0.1) is 5.82 Å². The van der Waals surface area contributed by atoms with Crippen molar-refractivity contribution in [2.75, 3.05) is 18.1 Å². The number of nitrogens with zero attached hydrogens (tertiary/aromatic N) is 1. The van der Waals surface area contributed by atoms with Gasteiger partial charge in [-0.25, -0.2) is 9.18 Å². The number of amides is 1. The smallest absolute Gasteiger partial charge is 0.338 e. The Balaban J connectivity index is 1.49. The van der Waals surface area contributed by atoms with E-state index in [0.717, 1.165) is 22.6 Å². The molecule has 3 aromatic rings. The highest BCUT2D eigenvalue weighted by molar-refractivity contribution is 7.99. The van der Waals surface area contributed by atoms with Gasteiger partial charge in [0.25, 0.3) is 5.91 Å². The molecule has 1 atom stereocenters. The molecular weight excluding hydrogens is 441 g/mol. The van der Waals surface area contributed by atoms with Crippen LogP contribution in [0.4, 0.5) is 10.1 Å². The normalized spacial score (nSPS) is 17.3. The molecule has 2 aliphatic heterocycles. The van der Waals surface area contributed by atoms with Gasteiger partial charge in [0.2, 0.25) is 0 Å². The third kappa shape index (κ3) is 4.65. The number of esters is 1. The van der Waals surface area contributed by atoms with Gasteiger partial charge in [0.1, 0.15) is 12.4 Å². The summed E-state index contributed by atoms with van der Waals surface area (Å²) < 4.78 is 24.8. The Morgan fingerprint density at radius 2 is 1.97 bits per heavy atom. The fourth-order valence-electron chi connectivity index (χ4n) is 4.05. The van der Waals surface area contributed by atoms with E-state index in [0.29, 0.717) is 29.0 Å². The lowest BCUT2D eigenvalue weighted by atomic mass is 10.1. The highest BCUT2D eigenvalue weighted by Crippen LogP contribution is 2.42. The van der Waals surface area contributed by atoms with Gasteiger partial charge in [-0.3, -0.25) is 4.79 Å². The molecule has 1 fully saturated rings. The summed E-state index contributed by atoms with van der Waals surface area (Å²) in [7, 11) is 0. The Hall–Kier alpha value is -3.16. The van der Waals surface area contributed by atoms with E-state index < -0.39 is 5.97 Å². The van der Waals surface area contributed by atoms with E-state index in [1.54, 1.807) is 35.2 Å². The van der Waals surface area contributed by atoms with Crippen LogP contribution in [-0.2, 0) is 16.0 Å². The largest absolute Gasteiger partial charge is 0.459 e. The van der Waals surface area contributed by atoms with Gasteiger partial charge in [0, 0.05) is 16.4 Å². The van der Waals surface area contributed by atoms with E-state index in [9.17, 15) is 14.0 Å². The standard InChI is InChI=1S/C26H22FNO4S/c27-19-6-3-5-17(13-19)15-28-22-14-18(26(30)32-16-20-7-4-12-31-20)10-11-24(22)33-23-9-2-1-8-21(23)25(28)29/h1-3,5-6,8-11,13-14,20H,4,7,12,15-16H2/t20-/m0/s1. The first-order valence-electron chi connectivity index (χ1n) is 10.8. The highest BCUT2D eigenvalue weighted by Gasteiger charge is 2.28. The molecule has 2 heterocycles. The van der Waals surface area contributed by atoms with Crippen LogP contribution in [0.15, 0.2) is 76.5 Å². The lowest BCUT2D eigenvalue weighted by Gasteiger charge is -2.24. The van der Waals surface area contributed by atoms with Gasteiger partial charge in [-0.2, -0.15) is 0 Å². The Morgan fingerprint density at radius 1 is 1.09 bits per heavy atom. The summed E-state index contributed by atoms with van der Waals surface area (Å²) in [5.74, 6) is -1.03. The Bertz CT molecular complexity index is 1210. The topological polar surface area (TPSA) is 55.8 Å². The molecular formula is C26H22FNO4S. The molecule has 0 aliphatic carbocycles. The molecule has 1 saturated heterocycles. The fourth-order valence-corrected chi connectivity index (χ4v) is 5.11. The number of halogens is 1. The average Bonchev–Trinajstić information content (AvgIpc) is 3.31. The van der Waals surface area contributed by atoms with Crippen LogP contribution in [-0.4, -0.2) is 31.2 Å². The van der Waals surface area contributed by atoms with Crippen molar-refractivity contribution < 1.29 is 23.5 Å². The summed E-state index contributed by atoms with van der Waals surface area (Å²) in [6, 6.07) is 18.8. The van der Waals surface area contributed by atoms with E-state index >= 15 is 0 Å². The maximum atomic E-state index is 13.8. The predicted octanol–water partition coefficient (Wildman–Crippen LogP) is 5.47. The Morgan fingerprint density at radius 3 is 2.79 bits per heavy atom. The number of rotatable bonds is 5. The molecule has 0 unspecified atom stereocenters. The molecule has 3 aromatic carbocycles. The third-order valence-electron chi connectivity index (χ3n) is 5.72. The van der Waals surface area contributed by atoms with Crippen LogP contribution in [0.5, 0.6) is 0 Å². The van der Waals surface area contributed by atoms with E-state index in [1.807, 2.05) is 24.3 Å². The number of carbonyl (C=O) groups is 2. The lowest BCUT2D eigenvalue weighted by Crippen LogP contribution is -2.30. The molecule has 2 aliphatic rings. The Labute approximate surface area is 195 Å². The second-order valence-corrected chi connectivity index (χ2v) is 9.12. The summed E-state index contributed by atoms with van der Waals surface area (Å²) in [5, 5.41) is 0. The molecule has 0 aromatic heterocycles. The molecule has 0 radical (unpaired) electrons. The summed E-state index contributed by atoms with van der Waals surface area (Å²) in [4.78, 5) is 29.6. The van der Waals surface area contributed by atoms with Crippen molar-refractivity contribution >= 4 is 29.3 Å². The number of anilines is 1. The summed E-state index contributed by atoms with van der Waals surface area (Å²) in [6.45, 7) is 1.07. The number of carbonyl (C=O) groups excluding carboxylic acids is 2. The quantitative estimate of drug-likeness (QED) is 0.470. The monoisotopic (exact) mass is 463 g/mol. The van der Waals surface area contributed by atoms with Gasteiger partial charge >= 0.3 is 5.97 Å². The van der Waals surface area contributed by atoms with Crippen LogP contribution in [0.2, 0.25) is 0 Å². The SMILES string of the molecule is O=C(OC[C@@H]1CCCO1)c1ccc2c(c1)N(Cc1cccc(F)c1)C(=O)c1ccccc1S2. The second-order valence-electron chi connectivity index (χ2n) is 8.04. The highest BCUT2D eigenvalue weighted by atomic mass is 32.2. The van der Waals surface area contributed by atoms with E-state index in [4.69, 9.17) is 9.47 Å². The summed E-state index contributed by atoms with van der Waals surface area (Å²) in [5.41, 5.74) is 2.18. The molecule has 168 valence electrons. The van der Waals surface area contributed by atoms with Crippen molar-refractivity contribution in [1.29, 1.82) is 0 Å². The van der Waals surface area contributed by atoms with Crippen LogP contribution in [0.25, 0.3) is 0 Å². The molecule has 0 spiro atoms. The van der Waals surface area contributed by atoms with Crippen molar-refractivity contribution in [3.05, 3.63) is 89.2 Å². The second kappa shape index (κ2) is 9.37. The molecule has 0 bridgehead atoms. The van der Waals surface area contributed by atoms with Crippen molar-refractivity contribution in [1.82, 2.24) is 0 Å². The molecule has 5 rings (SSSR count). The van der Waals surface area contributed by atoms with Crippen molar-refractivity contribution in [2.45, 2.75) is 35.3 Å². The first kappa shape index (κ1) is 21.7. The molecule has 33 heavy (non-hydrogen) atoms. The number of benzene rings is 3. The van der Waals surface area contributed by atoms with Gasteiger partial charge < -0.3 is 14.4 Å². The minimum absolute atomic E-state index is 0.0640. The first-order valence-corrected chi connectivity index (χ1v) is 11.7. The van der Waals surface area contributed by atoms with E-state index in [1.165, 1.54) is 23.9 Å². The predicted molar refractivity (Wildman–Crippen MR) is 123 cm³/mol. The van der Waals surface area contributed by atoms with Gasteiger partial charge in [0.15, 0.2) is 0 Å². The number of hydrogen-bond acceptors (Lipinski definition) is 5. The van der Waals surface area contributed by atoms with Gasteiger partial charge in [-0.05, 0) is 60.9 Å². The summed E-state index contributed by atoms with van der Waals surface area (Å²) >= 11 is 1.47. The van der Waals surface area contributed by atoms with Crippen LogP contribution >= 0.6 is 11.8 Å². The molecule has 1 amide bonds. The molecule has 0 saturated carbocycles. The molecule has 5 nitrogen and oxygen atoms in total. The van der Waals surface area contributed by atoms with Gasteiger partial charge in [0.05, 0.1) is 29.5 Å². The zero-order valence-electron chi connectivity index (χ0n) is 17.8. The number of hydrogen-bond donors (Lipinski definition) is 0. The Kier molecular flexibility index (Phi) is 6.15. The van der Waals surface area contributed by atoms with Crippen molar-refractivity contribution in [3.8, 4) is 0 Å². The molecule has 7 heteroatoms. The van der Waals surface area contributed by atoms with Crippen molar-refractivity contribution in [2.24, 2.45) is 0 Å². The number of ether oxygens (including phenoxy) is 2. The zero-order valence-corrected chi connectivity index (χ0v) is 18.6. The van der Waals surface area contributed by atoms with Gasteiger partial charge in [-0.15, -0.1) is 0 Å². The summed E-state index contributed by atoms with van der Waals surface area (Å²) in [6.07, 6.45) is 1.78. The van der Waals surface area contributed by atoms with Gasteiger partial charge in [-0.1, -0.05) is 36.0 Å². The lowest BCUT2D eigenvalue weighted by molar-refractivity contribution is 0.0161. The van der Waals surface area contributed by atoms with E-state index in [2.05, 4.69) is 0 Å². The van der Waals surface area contributed by atoms with Crippen molar-refractivity contribution in [3.63, 3.8) is 0 Å².